The summed E-state index contributed by atoms with van der Waals surface area (Å²) < 4.78 is 11.1. The number of benzene rings is 1. The Morgan fingerprint density at radius 3 is 2.74 bits per heavy atom. The predicted molar refractivity (Wildman–Crippen MR) is 76.9 cm³/mol. The first-order valence-corrected chi connectivity index (χ1v) is 6.90. The van der Waals surface area contributed by atoms with Crippen LogP contribution in [0.4, 0.5) is 0 Å². The fraction of sp³-hybridized carbons (Fsp3) is 0.500. The number of rotatable bonds is 2. The van der Waals surface area contributed by atoms with E-state index in [4.69, 9.17) is 9.47 Å². The molecule has 0 spiro atoms. The summed E-state index contributed by atoms with van der Waals surface area (Å²) in [5, 5.41) is 0. The van der Waals surface area contributed by atoms with Crippen molar-refractivity contribution < 1.29 is 9.47 Å². The Morgan fingerprint density at radius 2 is 2.00 bits per heavy atom. The molecule has 19 heavy (non-hydrogen) atoms. The number of methoxy groups -OCH3 is 2. The zero-order chi connectivity index (χ0) is 13.4. The van der Waals surface area contributed by atoms with Crippen LogP contribution in [0.5, 0.6) is 11.5 Å². The van der Waals surface area contributed by atoms with Gasteiger partial charge in [-0.25, -0.2) is 0 Å². The summed E-state index contributed by atoms with van der Waals surface area (Å²) in [6, 6.07) is 2.03. The first-order valence-electron chi connectivity index (χ1n) is 6.90. The average molecular weight is 259 g/mol. The summed E-state index contributed by atoms with van der Waals surface area (Å²) in [7, 11) is 5.62. The van der Waals surface area contributed by atoms with Gasteiger partial charge in [0.15, 0.2) is 0 Å². The molecule has 0 radical (unpaired) electrons. The van der Waals surface area contributed by atoms with Gasteiger partial charge in [0, 0.05) is 31.1 Å². The number of likely N-dealkylation sites (N-methyl/N-ethyl adjacent to an activating group) is 1. The molecule has 0 saturated carbocycles. The molecule has 0 amide bonds. The van der Waals surface area contributed by atoms with Gasteiger partial charge in [-0.05, 0) is 42.7 Å². The fourth-order valence-electron chi connectivity index (χ4n) is 3.42. The van der Waals surface area contributed by atoms with Gasteiger partial charge in [0.1, 0.15) is 11.5 Å². The van der Waals surface area contributed by atoms with E-state index in [1.54, 1.807) is 14.2 Å². The Morgan fingerprint density at radius 1 is 1.21 bits per heavy atom. The van der Waals surface area contributed by atoms with Crippen LogP contribution in [0.2, 0.25) is 0 Å². The number of hydrogen-bond acceptors (Lipinski definition) is 3. The van der Waals surface area contributed by atoms with E-state index in [9.17, 15) is 0 Å². The van der Waals surface area contributed by atoms with Gasteiger partial charge >= 0.3 is 0 Å². The average Bonchev–Trinajstić information content (AvgIpc) is 2.60. The van der Waals surface area contributed by atoms with Gasteiger partial charge in [0.25, 0.3) is 0 Å². The molecule has 1 heterocycles. The Hall–Kier alpha value is -1.64. The van der Waals surface area contributed by atoms with Crippen LogP contribution < -0.4 is 9.47 Å². The summed E-state index contributed by atoms with van der Waals surface area (Å²) in [4.78, 5) is 2.27. The SMILES string of the molecule is COc1cc(OC)c2c3c1C=CN(C)CC3CCC2. The van der Waals surface area contributed by atoms with Crippen LogP contribution in [0, 0.1) is 0 Å². The van der Waals surface area contributed by atoms with E-state index in [0.717, 1.165) is 24.5 Å². The van der Waals surface area contributed by atoms with Crippen LogP contribution in [-0.4, -0.2) is 32.7 Å². The minimum Gasteiger partial charge on any atom is -0.496 e. The second-order valence-electron chi connectivity index (χ2n) is 5.43. The van der Waals surface area contributed by atoms with E-state index >= 15 is 0 Å². The molecular formula is C16H21NO2. The van der Waals surface area contributed by atoms with Crippen LogP contribution in [-0.2, 0) is 6.42 Å². The first kappa shape index (κ1) is 12.4. The molecule has 0 aromatic heterocycles. The van der Waals surface area contributed by atoms with Crippen LogP contribution in [0.15, 0.2) is 12.3 Å². The molecule has 2 aliphatic rings. The summed E-state index contributed by atoms with van der Waals surface area (Å²) in [6.07, 6.45) is 7.95. The second kappa shape index (κ2) is 4.80. The van der Waals surface area contributed by atoms with Crippen LogP contribution in [0.1, 0.15) is 35.4 Å². The molecule has 1 aliphatic carbocycles. The van der Waals surface area contributed by atoms with Crippen molar-refractivity contribution in [2.45, 2.75) is 25.2 Å². The molecule has 0 fully saturated rings. The third kappa shape index (κ3) is 1.97. The number of ether oxygens (including phenoxy) is 2. The Balaban J connectivity index is 2.25. The van der Waals surface area contributed by atoms with Gasteiger partial charge in [-0.15, -0.1) is 0 Å². The lowest BCUT2D eigenvalue weighted by Gasteiger charge is -2.30. The van der Waals surface area contributed by atoms with E-state index < -0.39 is 0 Å². The molecule has 0 bridgehead atoms. The molecular weight excluding hydrogens is 238 g/mol. The molecule has 3 nitrogen and oxygen atoms in total. The van der Waals surface area contributed by atoms with Crippen LogP contribution in [0.25, 0.3) is 6.08 Å². The smallest absolute Gasteiger partial charge is 0.130 e. The van der Waals surface area contributed by atoms with Crippen molar-refractivity contribution in [1.29, 1.82) is 0 Å². The predicted octanol–water partition coefficient (Wildman–Crippen LogP) is 3.04. The minimum absolute atomic E-state index is 0.586. The molecule has 0 saturated heterocycles. The van der Waals surface area contributed by atoms with Crippen molar-refractivity contribution in [2.75, 3.05) is 27.8 Å². The molecule has 102 valence electrons. The highest BCUT2D eigenvalue weighted by Crippen LogP contribution is 2.45. The van der Waals surface area contributed by atoms with Crippen molar-refractivity contribution in [2.24, 2.45) is 0 Å². The van der Waals surface area contributed by atoms with Gasteiger partial charge in [-0.1, -0.05) is 0 Å². The summed E-state index contributed by atoms with van der Waals surface area (Å²) in [5.41, 5.74) is 4.07. The molecule has 3 rings (SSSR count). The van der Waals surface area contributed by atoms with Crippen molar-refractivity contribution in [3.63, 3.8) is 0 Å². The topological polar surface area (TPSA) is 21.7 Å². The monoisotopic (exact) mass is 259 g/mol. The second-order valence-corrected chi connectivity index (χ2v) is 5.43. The molecule has 1 atom stereocenters. The first-order chi connectivity index (χ1) is 9.24. The highest BCUT2D eigenvalue weighted by Gasteiger charge is 2.29. The van der Waals surface area contributed by atoms with Gasteiger partial charge < -0.3 is 14.4 Å². The third-order valence-corrected chi connectivity index (χ3v) is 4.27. The highest BCUT2D eigenvalue weighted by atomic mass is 16.5. The van der Waals surface area contributed by atoms with Gasteiger partial charge in [0.05, 0.1) is 14.2 Å². The normalized spacial score (nSPS) is 20.8. The third-order valence-electron chi connectivity index (χ3n) is 4.27. The van der Waals surface area contributed by atoms with Gasteiger partial charge in [-0.2, -0.15) is 0 Å². The lowest BCUT2D eigenvalue weighted by Crippen LogP contribution is -2.22. The lowest BCUT2D eigenvalue weighted by molar-refractivity contribution is 0.368. The molecule has 3 heteroatoms. The van der Waals surface area contributed by atoms with E-state index in [-0.39, 0.29) is 0 Å². The summed E-state index contributed by atoms with van der Waals surface area (Å²) >= 11 is 0. The Labute approximate surface area is 114 Å². The molecule has 1 aliphatic heterocycles. The molecule has 1 aromatic carbocycles. The van der Waals surface area contributed by atoms with Crippen molar-refractivity contribution in [3.05, 3.63) is 29.0 Å². The van der Waals surface area contributed by atoms with Crippen LogP contribution in [0.3, 0.4) is 0 Å². The summed E-state index contributed by atoms with van der Waals surface area (Å²) in [6.45, 7) is 1.08. The van der Waals surface area contributed by atoms with Crippen molar-refractivity contribution in [1.82, 2.24) is 4.90 Å². The Bertz CT molecular complexity index is 522. The Kier molecular flexibility index (Phi) is 3.13. The summed E-state index contributed by atoms with van der Waals surface area (Å²) in [5.74, 6) is 2.50. The molecule has 1 aromatic rings. The zero-order valence-electron chi connectivity index (χ0n) is 11.9. The van der Waals surface area contributed by atoms with Gasteiger partial charge in [0.2, 0.25) is 0 Å². The molecule has 1 unspecified atom stereocenters. The van der Waals surface area contributed by atoms with E-state index in [0.29, 0.717) is 5.92 Å². The highest BCUT2D eigenvalue weighted by molar-refractivity contribution is 5.68. The van der Waals surface area contributed by atoms with Crippen molar-refractivity contribution in [3.8, 4) is 11.5 Å². The van der Waals surface area contributed by atoms with E-state index in [1.807, 2.05) is 6.07 Å². The fourth-order valence-corrected chi connectivity index (χ4v) is 3.42. The minimum atomic E-state index is 0.586. The maximum atomic E-state index is 5.58. The zero-order valence-corrected chi connectivity index (χ0v) is 11.9. The largest absolute Gasteiger partial charge is 0.496 e. The maximum absolute atomic E-state index is 5.58. The van der Waals surface area contributed by atoms with Crippen molar-refractivity contribution >= 4 is 6.08 Å². The lowest BCUT2D eigenvalue weighted by atomic mass is 9.79. The maximum Gasteiger partial charge on any atom is 0.130 e. The van der Waals surface area contributed by atoms with E-state index in [2.05, 4.69) is 24.2 Å². The quantitative estimate of drug-likeness (QED) is 0.815. The standard InChI is InChI=1S/C16H21NO2/c1-17-8-7-13-15(19-3)9-14(18-2)12-6-4-5-11(10-17)16(12)13/h7-9,11H,4-6,10H2,1-3H3. The van der Waals surface area contributed by atoms with Crippen LogP contribution >= 0.6 is 0 Å². The number of nitrogens with zero attached hydrogens (tertiary/aromatic N) is 1. The van der Waals surface area contributed by atoms with Gasteiger partial charge in [-0.3, -0.25) is 0 Å². The molecule has 0 N–H and O–H groups in total. The van der Waals surface area contributed by atoms with E-state index in [1.165, 1.54) is 29.5 Å². The number of hydrogen-bond donors (Lipinski definition) is 0.